The van der Waals surface area contributed by atoms with Gasteiger partial charge in [0.15, 0.2) is 0 Å². The van der Waals surface area contributed by atoms with E-state index >= 15 is 0 Å². The minimum absolute atomic E-state index is 0.517. The molecule has 0 radical (unpaired) electrons. The first-order valence-corrected chi connectivity index (χ1v) is 6.42. The number of nitrogens with one attached hydrogen (secondary N) is 1. The second kappa shape index (κ2) is 5.83. The second-order valence-electron chi connectivity index (χ2n) is 4.99. The molecule has 18 heavy (non-hydrogen) atoms. The lowest BCUT2D eigenvalue weighted by Gasteiger charge is -2.09. The molecule has 1 aromatic heterocycles. The van der Waals surface area contributed by atoms with Crippen molar-refractivity contribution < 1.29 is 0 Å². The van der Waals surface area contributed by atoms with E-state index in [-0.39, 0.29) is 0 Å². The fraction of sp³-hybridized carbons (Fsp3) is 0.400. The van der Waals surface area contributed by atoms with Crippen LogP contribution in [0.4, 0.5) is 0 Å². The molecule has 0 bridgehead atoms. The number of imidazole rings is 1. The van der Waals surface area contributed by atoms with Gasteiger partial charge in [0.05, 0.1) is 0 Å². The van der Waals surface area contributed by atoms with Gasteiger partial charge in [-0.15, -0.1) is 0 Å². The van der Waals surface area contributed by atoms with Gasteiger partial charge in [0, 0.05) is 38.4 Å². The van der Waals surface area contributed by atoms with E-state index in [2.05, 4.69) is 53.0 Å². The number of rotatable bonds is 5. The van der Waals surface area contributed by atoms with Gasteiger partial charge < -0.3 is 9.88 Å². The van der Waals surface area contributed by atoms with E-state index in [1.165, 1.54) is 11.1 Å². The first-order chi connectivity index (χ1) is 8.65. The van der Waals surface area contributed by atoms with E-state index in [0.29, 0.717) is 6.04 Å². The fourth-order valence-electron chi connectivity index (χ4n) is 1.92. The fourth-order valence-corrected chi connectivity index (χ4v) is 1.92. The molecule has 0 unspecified atom stereocenters. The Morgan fingerprint density at radius 1 is 1.28 bits per heavy atom. The summed E-state index contributed by atoms with van der Waals surface area (Å²) in [7, 11) is 2.03. The third kappa shape index (κ3) is 3.44. The van der Waals surface area contributed by atoms with Crippen LogP contribution in [0.25, 0.3) is 0 Å². The molecule has 0 spiro atoms. The normalized spacial score (nSPS) is 11.1. The average Bonchev–Trinajstić information content (AvgIpc) is 2.73. The van der Waals surface area contributed by atoms with Crippen molar-refractivity contribution in [3.05, 3.63) is 53.6 Å². The van der Waals surface area contributed by atoms with Crippen molar-refractivity contribution >= 4 is 0 Å². The Labute approximate surface area is 109 Å². The summed E-state index contributed by atoms with van der Waals surface area (Å²) in [6.07, 6.45) is 4.72. The molecular formula is C15H21N3. The Morgan fingerprint density at radius 2 is 2.06 bits per heavy atom. The standard InChI is InChI=1S/C15H21N3/c1-12(2)17-11-14-6-4-5-13(9-14)10-15-16-7-8-18(15)3/h4-9,12,17H,10-11H2,1-3H3. The molecule has 0 saturated carbocycles. The van der Waals surface area contributed by atoms with Gasteiger partial charge >= 0.3 is 0 Å². The van der Waals surface area contributed by atoms with E-state index in [1.807, 2.05) is 19.4 Å². The summed E-state index contributed by atoms with van der Waals surface area (Å²) in [6, 6.07) is 9.22. The third-order valence-corrected chi connectivity index (χ3v) is 2.99. The number of hydrogen-bond acceptors (Lipinski definition) is 2. The predicted octanol–water partition coefficient (Wildman–Crippen LogP) is 2.51. The zero-order valence-corrected chi connectivity index (χ0v) is 11.4. The van der Waals surface area contributed by atoms with Gasteiger partial charge in [-0.05, 0) is 11.1 Å². The zero-order chi connectivity index (χ0) is 13.0. The summed E-state index contributed by atoms with van der Waals surface area (Å²) in [5.41, 5.74) is 2.64. The first kappa shape index (κ1) is 12.8. The summed E-state index contributed by atoms with van der Waals surface area (Å²) >= 11 is 0. The van der Waals surface area contributed by atoms with Crippen LogP contribution in [-0.4, -0.2) is 15.6 Å². The Balaban J connectivity index is 2.05. The maximum Gasteiger partial charge on any atom is 0.112 e. The van der Waals surface area contributed by atoms with Crippen LogP contribution in [0.2, 0.25) is 0 Å². The number of aromatic nitrogens is 2. The molecule has 3 nitrogen and oxygen atoms in total. The van der Waals surface area contributed by atoms with Crippen LogP contribution in [0.15, 0.2) is 36.7 Å². The van der Waals surface area contributed by atoms with Crippen LogP contribution in [0, 0.1) is 0 Å². The highest BCUT2D eigenvalue weighted by Gasteiger charge is 2.02. The molecule has 0 amide bonds. The highest BCUT2D eigenvalue weighted by molar-refractivity contribution is 5.26. The highest BCUT2D eigenvalue weighted by Crippen LogP contribution is 2.10. The lowest BCUT2D eigenvalue weighted by Crippen LogP contribution is -2.21. The quantitative estimate of drug-likeness (QED) is 0.874. The van der Waals surface area contributed by atoms with Crippen molar-refractivity contribution in [2.24, 2.45) is 7.05 Å². The molecule has 1 aromatic carbocycles. The zero-order valence-electron chi connectivity index (χ0n) is 11.4. The molecule has 0 aliphatic rings. The molecule has 1 N–H and O–H groups in total. The van der Waals surface area contributed by atoms with Crippen molar-refractivity contribution in [1.29, 1.82) is 0 Å². The summed E-state index contributed by atoms with van der Waals surface area (Å²) in [6.45, 7) is 5.25. The van der Waals surface area contributed by atoms with E-state index in [4.69, 9.17) is 0 Å². The Kier molecular flexibility index (Phi) is 4.15. The maximum atomic E-state index is 4.36. The van der Waals surface area contributed by atoms with Gasteiger partial charge in [-0.2, -0.15) is 0 Å². The molecule has 0 aliphatic heterocycles. The Bertz CT molecular complexity index is 500. The second-order valence-corrected chi connectivity index (χ2v) is 4.99. The van der Waals surface area contributed by atoms with E-state index in [1.54, 1.807) is 0 Å². The van der Waals surface area contributed by atoms with Crippen molar-refractivity contribution in [2.75, 3.05) is 0 Å². The summed E-state index contributed by atoms with van der Waals surface area (Å²) in [4.78, 5) is 4.36. The monoisotopic (exact) mass is 243 g/mol. The average molecular weight is 243 g/mol. The number of aryl methyl sites for hydroxylation is 1. The molecule has 2 rings (SSSR count). The predicted molar refractivity (Wildman–Crippen MR) is 74.4 cm³/mol. The molecule has 2 aromatic rings. The van der Waals surface area contributed by atoms with Crippen LogP contribution in [0.5, 0.6) is 0 Å². The molecule has 0 aliphatic carbocycles. The van der Waals surface area contributed by atoms with Gasteiger partial charge in [0.25, 0.3) is 0 Å². The topological polar surface area (TPSA) is 29.9 Å². The molecule has 3 heteroatoms. The smallest absolute Gasteiger partial charge is 0.112 e. The first-order valence-electron chi connectivity index (χ1n) is 6.42. The SMILES string of the molecule is CC(C)NCc1cccc(Cc2nccn2C)c1. The van der Waals surface area contributed by atoms with Gasteiger partial charge in [0.1, 0.15) is 5.82 Å². The summed E-state index contributed by atoms with van der Waals surface area (Å²) < 4.78 is 2.07. The van der Waals surface area contributed by atoms with Crippen LogP contribution in [0.1, 0.15) is 30.8 Å². The van der Waals surface area contributed by atoms with Gasteiger partial charge in [-0.3, -0.25) is 0 Å². The lowest BCUT2D eigenvalue weighted by molar-refractivity contribution is 0.588. The van der Waals surface area contributed by atoms with Crippen LogP contribution in [0.3, 0.4) is 0 Å². The van der Waals surface area contributed by atoms with Gasteiger partial charge in [-0.1, -0.05) is 38.1 Å². The van der Waals surface area contributed by atoms with E-state index in [0.717, 1.165) is 18.8 Å². The Hall–Kier alpha value is -1.61. The molecule has 96 valence electrons. The molecule has 1 heterocycles. The Morgan fingerprint density at radius 3 is 2.72 bits per heavy atom. The highest BCUT2D eigenvalue weighted by atomic mass is 15.0. The van der Waals surface area contributed by atoms with Gasteiger partial charge in [-0.25, -0.2) is 4.98 Å². The molecular weight excluding hydrogens is 222 g/mol. The minimum Gasteiger partial charge on any atom is -0.338 e. The number of hydrogen-bond donors (Lipinski definition) is 1. The van der Waals surface area contributed by atoms with Crippen molar-refractivity contribution in [3.8, 4) is 0 Å². The molecule has 0 atom stereocenters. The third-order valence-electron chi connectivity index (χ3n) is 2.99. The summed E-state index contributed by atoms with van der Waals surface area (Å²) in [5.74, 6) is 1.10. The van der Waals surface area contributed by atoms with Crippen LogP contribution < -0.4 is 5.32 Å². The number of nitrogens with zero attached hydrogens (tertiary/aromatic N) is 2. The van der Waals surface area contributed by atoms with Crippen molar-refractivity contribution in [2.45, 2.75) is 32.9 Å². The number of benzene rings is 1. The summed E-state index contributed by atoms with van der Waals surface area (Å²) in [5, 5.41) is 3.44. The van der Waals surface area contributed by atoms with E-state index < -0.39 is 0 Å². The minimum atomic E-state index is 0.517. The van der Waals surface area contributed by atoms with Gasteiger partial charge in [0.2, 0.25) is 0 Å². The largest absolute Gasteiger partial charge is 0.338 e. The lowest BCUT2D eigenvalue weighted by atomic mass is 10.1. The van der Waals surface area contributed by atoms with E-state index in [9.17, 15) is 0 Å². The van der Waals surface area contributed by atoms with Crippen molar-refractivity contribution in [1.82, 2.24) is 14.9 Å². The molecule has 0 saturated heterocycles. The van der Waals surface area contributed by atoms with Crippen molar-refractivity contribution in [3.63, 3.8) is 0 Å². The maximum absolute atomic E-state index is 4.36. The van der Waals surface area contributed by atoms with Crippen LogP contribution >= 0.6 is 0 Å². The van der Waals surface area contributed by atoms with Crippen LogP contribution in [-0.2, 0) is 20.0 Å². The molecule has 0 fully saturated rings.